The van der Waals surface area contributed by atoms with E-state index in [4.69, 9.17) is 30.4 Å². The van der Waals surface area contributed by atoms with E-state index in [9.17, 15) is 27.6 Å². The Morgan fingerprint density at radius 3 is 1.76 bits per heavy atom. The van der Waals surface area contributed by atoms with Crippen LogP contribution in [0.15, 0.2) is 103 Å². The number of halogens is 3. The van der Waals surface area contributed by atoms with Crippen LogP contribution in [0.25, 0.3) is 12.2 Å². The minimum Gasteiger partial charge on any atom is -0.494 e. The fourth-order valence-corrected chi connectivity index (χ4v) is 4.30. The number of carbonyl (C=O) groups excluding carboxylic acids is 3. The molecule has 9 nitrogen and oxygen atoms in total. The summed E-state index contributed by atoms with van der Waals surface area (Å²) in [6, 6.07) is 24.0. The minimum atomic E-state index is -4.23. The second-order valence-corrected chi connectivity index (χ2v) is 10.6. The predicted octanol–water partition coefficient (Wildman–Crippen LogP) is 7.21. The van der Waals surface area contributed by atoms with E-state index in [0.717, 1.165) is 5.56 Å². The molecule has 49 heavy (non-hydrogen) atoms. The third-order valence-corrected chi connectivity index (χ3v) is 6.65. The van der Waals surface area contributed by atoms with Gasteiger partial charge in [0.1, 0.15) is 17.2 Å². The van der Waals surface area contributed by atoms with Crippen LogP contribution in [0.2, 0.25) is 0 Å². The van der Waals surface area contributed by atoms with Gasteiger partial charge >= 0.3 is 24.1 Å². The first-order valence-electron chi connectivity index (χ1n) is 15.0. The van der Waals surface area contributed by atoms with Crippen LogP contribution in [-0.4, -0.2) is 37.3 Å². The van der Waals surface area contributed by atoms with E-state index in [1.54, 1.807) is 72.8 Å². The van der Waals surface area contributed by atoms with Crippen molar-refractivity contribution in [2.24, 2.45) is 0 Å². The van der Waals surface area contributed by atoms with Gasteiger partial charge in [0.15, 0.2) is 0 Å². The van der Waals surface area contributed by atoms with Gasteiger partial charge in [0, 0.05) is 36.4 Å². The molecule has 0 aliphatic carbocycles. The Labute approximate surface area is 280 Å². The number of hydrogen-bond acceptors (Lipinski definition) is 9. The van der Waals surface area contributed by atoms with Gasteiger partial charge < -0.3 is 30.4 Å². The molecule has 4 aromatic rings. The molecule has 0 spiro atoms. The number of hydrogen-bond donors (Lipinski definition) is 2. The van der Waals surface area contributed by atoms with E-state index < -0.39 is 30.5 Å². The molecule has 0 aromatic heterocycles. The Bertz CT molecular complexity index is 1760. The van der Waals surface area contributed by atoms with Crippen LogP contribution in [0.3, 0.4) is 0 Å². The molecule has 0 radical (unpaired) electrons. The topological polar surface area (TPSA) is 140 Å². The van der Waals surface area contributed by atoms with Gasteiger partial charge in [0.05, 0.1) is 18.8 Å². The van der Waals surface area contributed by atoms with E-state index in [1.165, 1.54) is 42.5 Å². The van der Waals surface area contributed by atoms with E-state index in [0.29, 0.717) is 40.4 Å². The standard InChI is InChI=1S/C37H33F3N2O7/c38-37(39,40)19-1-20-46-31-14-8-28(9-15-31)36(45)49-33-12-4-26(5-13-33)7-17-35(44)48-32-10-2-25(3-11-32)6-16-34(43)47-21-18-27-22-29(41)24-30(42)23-27/h2-17,22-24H,1,18-21,41-42H2. The molecule has 0 saturated heterocycles. The van der Waals surface area contributed by atoms with Gasteiger partial charge in [0.25, 0.3) is 0 Å². The zero-order valence-electron chi connectivity index (χ0n) is 26.2. The van der Waals surface area contributed by atoms with Gasteiger partial charge in [-0.1, -0.05) is 24.3 Å². The Balaban J connectivity index is 1.17. The number of anilines is 2. The molecule has 12 heteroatoms. The second-order valence-electron chi connectivity index (χ2n) is 10.6. The lowest BCUT2D eigenvalue weighted by Gasteiger charge is -2.09. The predicted molar refractivity (Wildman–Crippen MR) is 179 cm³/mol. The van der Waals surface area contributed by atoms with Gasteiger partial charge in [-0.2, -0.15) is 13.2 Å². The Morgan fingerprint density at radius 1 is 0.653 bits per heavy atom. The highest BCUT2D eigenvalue weighted by atomic mass is 19.4. The van der Waals surface area contributed by atoms with Crippen molar-refractivity contribution >= 4 is 41.4 Å². The smallest absolute Gasteiger partial charge is 0.389 e. The summed E-state index contributed by atoms with van der Waals surface area (Å²) in [6.07, 6.45) is 0.800. The van der Waals surface area contributed by atoms with Crippen LogP contribution in [0, 0.1) is 0 Å². The van der Waals surface area contributed by atoms with Crippen LogP contribution < -0.4 is 25.7 Å². The Kier molecular flexibility index (Phi) is 12.6. The molecule has 0 bridgehead atoms. The SMILES string of the molecule is Nc1cc(N)cc(CCOC(=O)C=Cc2ccc(OC(=O)C=Cc3ccc(OC(=O)c4ccc(OCCCC(F)(F)F)cc4)cc3)cc2)c1. The number of ether oxygens (including phenoxy) is 4. The molecule has 0 saturated carbocycles. The van der Waals surface area contributed by atoms with Crippen LogP contribution >= 0.6 is 0 Å². The molecule has 0 amide bonds. The zero-order valence-corrected chi connectivity index (χ0v) is 26.2. The summed E-state index contributed by atoms with van der Waals surface area (Å²) in [4.78, 5) is 36.8. The average molecular weight is 675 g/mol. The van der Waals surface area contributed by atoms with Gasteiger partial charge in [-0.25, -0.2) is 14.4 Å². The molecule has 4 N–H and O–H groups in total. The first-order chi connectivity index (χ1) is 23.4. The van der Waals surface area contributed by atoms with E-state index in [2.05, 4.69) is 0 Å². The number of benzene rings is 4. The number of nitrogen functional groups attached to an aromatic ring is 2. The van der Waals surface area contributed by atoms with Crippen molar-refractivity contribution in [1.29, 1.82) is 0 Å². The van der Waals surface area contributed by atoms with Gasteiger partial charge in [-0.3, -0.25) is 0 Å². The summed E-state index contributed by atoms with van der Waals surface area (Å²) >= 11 is 0. The monoisotopic (exact) mass is 674 g/mol. The third-order valence-electron chi connectivity index (χ3n) is 6.65. The lowest BCUT2D eigenvalue weighted by atomic mass is 10.1. The molecule has 0 fully saturated rings. The lowest BCUT2D eigenvalue weighted by molar-refractivity contribution is -0.138. The highest BCUT2D eigenvalue weighted by Gasteiger charge is 2.26. The summed E-state index contributed by atoms with van der Waals surface area (Å²) in [5, 5.41) is 0. The molecule has 0 unspecified atom stereocenters. The second kappa shape index (κ2) is 17.2. The van der Waals surface area contributed by atoms with Crippen molar-refractivity contribution in [2.45, 2.75) is 25.4 Å². The van der Waals surface area contributed by atoms with Crippen molar-refractivity contribution in [2.75, 3.05) is 24.7 Å². The summed E-state index contributed by atoms with van der Waals surface area (Å²) in [5.41, 5.74) is 15.1. The molecular formula is C37H33F3N2O7. The van der Waals surface area contributed by atoms with Gasteiger partial charge in [-0.15, -0.1) is 0 Å². The summed E-state index contributed by atoms with van der Waals surface area (Å²) in [5.74, 6) is -0.843. The summed E-state index contributed by atoms with van der Waals surface area (Å²) in [7, 11) is 0. The average Bonchev–Trinajstić information content (AvgIpc) is 3.05. The number of carbonyl (C=O) groups is 3. The third kappa shape index (κ3) is 12.9. The lowest BCUT2D eigenvalue weighted by Crippen LogP contribution is -2.10. The highest BCUT2D eigenvalue weighted by Crippen LogP contribution is 2.22. The van der Waals surface area contributed by atoms with E-state index in [-0.39, 0.29) is 30.9 Å². The molecule has 0 heterocycles. The van der Waals surface area contributed by atoms with Crippen LogP contribution in [0.1, 0.15) is 39.9 Å². The van der Waals surface area contributed by atoms with Gasteiger partial charge in [-0.05, 0) is 102 Å². The molecule has 254 valence electrons. The highest BCUT2D eigenvalue weighted by molar-refractivity contribution is 5.91. The number of alkyl halides is 3. The van der Waals surface area contributed by atoms with Crippen LogP contribution in [-0.2, 0) is 20.7 Å². The van der Waals surface area contributed by atoms with Crippen molar-refractivity contribution < 1.29 is 46.5 Å². The summed E-state index contributed by atoms with van der Waals surface area (Å²) < 4.78 is 57.9. The Hall–Kier alpha value is -6.04. The number of esters is 3. The fourth-order valence-electron chi connectivity index (χ4n) is 4.30. The number of nitrogens with two attached hydrogens (primary N) is 2. The largest absolute Gasteiger partial charge is 0.494 e. The summed E-state index contributed by atoms with van der Waals surface area (Å²) in [6.45, 7) is 0.0711. The minimum absolute atomic E-state index is 0.0980. The Morgan fingerprint density at radius 2 is 1.18 bits per heavy atom. The molecule has 0 atom stereocenters. The fraction of sp³-hybridized carbons (Fsp3) is 0.162. The van der Waals surface area contributed by atoms with E-state index in [1.807, 2.05) is 0 Å². The zero-order chi connectivity index (χ0) is 35.2. The maximum absolute atomic E-state index is 12.5. The van der Waals surface area contributed by atoms with Crippen molar-refractivity contribution in [3.63, 3.8) is 0 Å². The van der Waals surface area contributed by atoms with Crippen molar-refractivity contribution in [3.8, 4) is 17.2 Å². The number of rotatable bonds is 14. The van der Waals surface area contributed by atoms with Crippen LogP contribution in [0.5, 0.6) is 17.2 Å². The maximum atomic E-state index is 12.5. The molecule has 4 aromatic carbocycles. The van der Waals surface area contributed by atoms with Crippen molar-refractivity contribution in [3.05, 3.63) is 125 Å². The van der Waals surface area contributed by atoms with Crippen LogP contribution in [0.4, 0.5) is 24.5 Å². The molecule has 0 aliphatic rings. The first kappa shape index (κ1) is 35.8. The first-order valence-corrected chi connectivity index (χ1v) is 15.0. The molecule has 4 rings (SSSR count). The molecular weight excluding hydrogens is 641 g/mol. The van der Waals surface area contributed by atoms with Gasteiger partial charge in [0.2, 0.25) is 0 Å². The van der Waals surface area contributed by atoms with E-state index >= 15 is 0 Å². The quantitative estimate of drug-likeness (QED) is 0.0467. The van der Waals surface area contributed by atoms with Crippen molar-refractivity contribution in [1.82, 2.24) is 0 Å². The normalized spacial score (nSPS) is 11.4. The molecule has 0 aliphatic heterocycles. The maximum Gasteiger partial charge on any atom is 0.389 e.